The van der Waals surface area contributed by atoms with E-state index in [-0.39, 0.29) is 16.9 Å². The summed E-state index contributed by atoms with van der Waals surface area (Å²) in [7, 11) is 1.71. The molecule has 0 amide bonds. The van der Waals surface area contributed by atoms with Crippen molar-refractivity contribution >= 4 is 17.3 Å². The normalized spacial score (nSPS) is 10.4. The van der Waals surface area contributed by atoms with Crippen LogP contribution in [0.5, 0.6) is 0 Å². The summed E-state index contributed by atoms with van der Waals surface area (Å²) in [5, 5.41) is 9.06. The zero-order valence-electron chi connectivity index (χ0n) is 11.9. The smallest absolute Gasteiger partial charge is 0.337 e. The van der Waals surface area contributed by atoms with E-state index in [4.69, 9.17) is 10.8 Å². The van der Waals surface area contributed by atoms with Crippen molar-refractivity contribution in [3.05, 3.63) is 58.9 Å². The van der Waals surface area contributed by atoms with E-state index in [9.17, 15) is 9.18 Å². The number of hydrogen-bond acceptors (Lipinski definition) is 3. The number of carboxylic acid groups (broad SMARTS) is 1. The monoisotopic (exact) mass is 288 g/mol. The van der Waals surface area contributed by atoms with Crippen molar-refractivity contribution in [3.63, 3.8) is 0 Å². The molecule has 2 aromatic rings. The predicted octanol–water partition coefficient (Wildman–Crippen LogP) is 3.05. The molecule has 0 saturated heterocycles. The lowest BCUT2D eigenvalue weighted by molar-refractivity contribution is 0.0698. The van der Waals surface area contributed by atoms with Gasteiger partial charge in [-0.25, -0.2) is 9.18 Å². The summed E-state index contributed by atoms with van der Waals surface area (Å²) in [6.45, 7) is 2.46. The predicted molar refractivity (Wildman–Crippen MR) is 81.1 cm³/mol. The SMILES string of the molecule is Cc1ccc(CN(C)c2cc(C(=O)O)c(N)cc2F)cc1. The van der Waals surface area contributed by atoms with Crippen molar-refractivity contribution in [3.8, 4) is 0 Å². The fraction of sp³-hybridized carbons (Fsp3) is 0.188. The summed E-state index contributed by atoms with van der Waals surface area (Å²) in [6.07, 6.45) is 0. The van der Waals surface area contributed by atoms with Crippen LogP contribution >= 0.6 is 0 Å². The van der Waals surface area contributed by atoms with Gasteiger partial charge in [-0.3, -0.25) is 0 Å². The molecule has 0 fully saturated rings. The molecule has 0 bridgehead atoms. The van der Waals surface area contributed by atoms with Gasteiger partial charge in [0.25, 0.3) is 0 Å². The van der Waals surface area contributed by atoms with Crippen LogP contribution in [0, 0.1) is 12.7 Å². The van der Waals surface area contributed by atoms with Gasteiger partial charge in [0.15, 0.2) is 0 Å². The van der Waals surface area contributed by atoms with Crippen LogP contribution in [-0.4, -0.2) is 18.1 Å². The highest BCUT2D eigenvalue weighted by Crippen LogP contribution is 2.26. The fourth-order valence-electron chi connectivity index (χ4n) is 2.11. The van der Waals surface area contributed by atoms with E-state index in [0.29, 0.717) is 6.54 Å². The lowest BCUT2D eigenvalue weighted by Crippen LogP contribution is -2.19. The van der Waals surface area contributed by atoms with E-state index in [1.165, 1.54) is 6.07 Å². The Kier molecular flexibility index (Phi) is 4.12. The molecule has 0 aliphatic heterocycles. The Balaban J connectivity index is 2.30. The van der Waals surface area contributed by atoms with Crippen molar-refractivity contribution in [1.82, 2.24) is 0 Å². The second-order valence-corrected chi connectivity index (χ2v) is 5.04. The molecule has 0 spiro atoms. The van der Waals surface area contributed by atoms with Crippen molar-refractivity contribution in [1.29, 1.82) is 0 Å². The minimum absolute atomic E-state index is 0.0764. The maximum Gasteiger partial charge on any atom is 0.337 e. The third-order valence-electron chi connectivity index (χ3n) is 3.30. The number of halogens is 1. The quantitative estimate of drug-likeness (QED) is 0.849. The average molecular weight is 288 g/mol. The second kappa shape index (κ2) is 5.83. The molecule has 0 atom stereocenters. The van der Waals surface area contributed by atoms with Gasteiger partial charge >= 0.3 is 5.97 Å². The molecule has 0 aliphatic carbocycles. The first-order chi connectivity index (χ1) is 9.88. The first-order valence-electron chi connectivity index (χ1n) is 6.47. The van der Waals surface area contributed by atoms with Crippen LogP contribution in [0.1, 0.15) is 21.5 Å². The molecule has 0 aliphatic rings. The minimum atomic E-state index is -1.17. The number of nitrogen functional groups attached to an aromatic ring is 1. The van der Waals surface area contributed by atoms with Gasteiger partial charge in [0.1, 0.15) is 5.82 Å². The Labute approximate surface area is 122 Å². The number of aromatic carboxylic acids is 1. The highest BCUT2D eigenvalue weighted by atomic mass is 19.1. The van der Waals surface area contributed by atoms with Crippen molar-refractivity contribution < 1.29 is 14.3 Å². The summed E-state index contributed by atoms with van der Waals surface area (Å²) < 4.78 is 14.0. The van der Waals surface area contributed by atoms with Crippen LogP contribution in [0.2, 0.25) is 0 Å². The highest BCUT2D eigenvalue weighted by molar-refractivity contribution is 5.95. The summed E-state index contributed by atoms with van der Waals surface area (Å²) in [4.78, 5) is 12.7. The van der Waals surface area contributed by atoms with E-state index in [0.717, 1.165) is 17.2 Å². The third kappa shape index (κ3) is 3.31. The van der Waals surface area contributed by atoms with Gasteiger partial charge in [0, 0.05) is 19.3 Å². The lowest BCUT2D eigenvalue weighted by Gasteiger charge is -2.21. The number of carbonyl (C=O) groups is 1. The van der Waals surface area contributed by atoms with Gasteiger partial charge in [-0.15, -0.1) is 0 Å². The number of nitrogens with two attached hydrogens (primary N) is 1. The Morgan fingerprint density at radius 3 is 2.48 bits per heavy atom. The number of benzene rings is 2. The summed E-state index contributed by atoms with van der Waals surface area (Å²) in [5.74, 6) is -1.70. The van der Waals surface area contributed by atoms with Crippen LogP contribution < -0.4 is 10.6 Å². The maximum absolute atomic E-state index is 14.0. The minimum Gasteiger partial charge on any atom is -0.478 e. The molecule has 0 radical (unpaired) electrons. The molecule has 5 heteroatoms. The number of anilines is 2. The van der Waals surface area contributed by atoms with E-state index in [1.54, 1.807) is 11.9 Å². The first kappa shape index (κ1) is 14.8. The molecule has 0 heterocycles. The fourth-order valence-corrected chi connectivity index (χ4v) is 2.11. The Morgan fingerprint density at radius 2 is 1.90 bits per heavy atom. The Hall–Kier alpha value is -2.56. The van der Waals surface area contributed by atoms with E-state index < -0.39 is 11.8 Å². The molecular weight excluding hydrogens is 271 g/mol. The van der Waals surface area contributed by atoms with Crippen LogP contribution in [0.15, 0.2) is 36.4 Å². The van der Waals surface area contributed by atoms with E-state index >= 15 is 0 Å². The van der Waals surface area contributed by atoms with Gasteiger partial charge < -0.3 is 15.7 Å². The number of rotatable bonds is 4. The third-order valence-corrected chi connectivity index (χ3v) is 3.30. The zero-order chi connectivity index (χ0) is 15.6. The number of carboxylic acids is 1. The largest absolute Gasteiger partial charge is 0.478 e. The van der Waals surface area contributed by atoms with Crippen LogP contribution in [-0.2, 0) is 6.54 Å². The molecule has 3 N–H and O–H groups in total. The van der Waals surface area contributed by atoms with Crippen molar-refractivity contribution in [2.75, 3.05) is 17.7 Å². The zero-order valence-corrected chi connectivity index (χ0v) is 11.9. The maximum atomic E-state index is 14.0. The number of hydrogen-bond donors (Lipinski definition) is 2. The van der Waals surface area contributed by atoms with E-state index in [2.05, 4.69) is 0 Å². The molecule has 2 aromatic carbocycles. The average Bonchev–Trinajstić information content (AvgIpc) is 2.40. The Morgan fingerprint density at radius 1 is 1.29 bits per heavy atom. The van der Waals surface area contributed by atoms with Crippen LogP contribution in [0.25, 0.3) is 0 Å². The van der Waals surface area contributed by atoms with Crippen LogP contribution in [0.4, 0.5) is 15.8 Å². The molecular formula is C16H17FN2O2. The number of nitrogens with zero attached hydrogens (tertiary/aromatic N) is 1. The van der Waals surface area contributed by atoms with Crippen molar-refractivity contribution in [2.24, 2.45) is 0 Å². The molecule has 4 nitrogen and oxygen atoms in total. The topological polar surface area (TPSA) is 66.6 Å². The van der Waals surface area contributed by atoms with Gasteiger partial charge in [0.05, 0.1) is 11.3 Å². The van der Waals surface area contributed by atoms with Gasteiger partial charge in [-0.1, -0.05) is 29.8 Å². The lowest BCUT2D eigenvalue weighted by atomic mass is 10.1. The van der Waals surface area contributed by atoms with Gasteiger partial charge in [-0.2, -0.15) is 0 Å². The standard InChI is InChI=1S/C16H17FN2O2/c1-10-3-5-11(6-4-10)9-19(2)15-7-12(16(20)21)14(18)8-13(15)17/h3-8H,9,18H2,1-2H3,(H,20,21). The first-order valence-corrected chi connectivity index (χ1v) is 6.47. The molecule has 0 unspecified atom stereocenters. The summed E-state index contributed by atoms with van der Waals surface area (Å²) in [5.41, 5.74) is 7.72. The van der Waals surface area contributed by atoms with Gasteiger partial charge in [0.2, 0.25) is 0 Å². The molecule has 21 heavy (non-hydrogen) atoms. The van der Waals surface area contributed by atoms with Crippen LogP contribution in [0.3, 0.4) is 0 Å². The highest BCUT2D eigenvalue weighted by Gasteiger charge is 2.16. The molecule has 110 valence electrons. The Bertz CT molecular complexity index is 669. The molecule has 0 saturated carbocycles. The second-order valence-electron chi connectivity index (χ2n) is 5.04. The summed E-state index contributed by atoms with van der Waals surface area (Å²) >= 11 is 0. The van der Waals surface area contributed by atoms with Crippen molar-refractivity contribution in [2.45, 2.75) is 13.5 Å². The molecule has 0 aromatic heterocycles. The summed E-state index contributed by atoms with van der Waals surface area (Å²) in [6, 6.07) is 10.2. The molecule has 2 rings (SSSR count). The number of aryl methyl sites for hydroxylation is 1. The van der Waals surface area contributed by atoms with Gasteiger partial charge in [-0.05, 0) is 24.6 Å². The van der Waals surface area contributed by atoms with E-state index in [1.807, 2.05) is 31.2 Å².